The van der Waals surface area contributed by atoms with Gasteiger partial charge in [-0.2, -0.15) is 5.10 Å². The Kier molecular flexibility index (Phi) is 5.49. The van der Waals surface area contributed by atoms with E-state index in [1.807, 2.05) is 60.7 Å². The van der Waals surface area contributed by atoms with Gasteiger partial charge in [0.2, 0.25) is 0 Å². The van der Waals surface area contributed by atoms with Gasteiger partial charge in [-0.15, -0.1) is 0 Å². The number of hydrogen-bond donors (Lipinski definition) is 2. The minimum atomic E-state index is -0.425. The smallest absolute Gasteiger partial charge is 0.262 e. The first-order valence-electron chi connectivity index (χ1n) is 8.38. The van der Waals surface area contributed by atoms with Gasteiger partial charge in [-0.05, 0) is 42.0 Å². The molecule has 2 N–H and O–H groups in total. The minimum absolute atomic E-state index is 0.218. The van der Waals surface area contributed by atoms with E-state index in [1.165, 1.54) is 0 Å². The number of anilines is 1. The number of carbonyl (C=O) groups excluding carboxylic acids is 1. The molecule has 0 unspecified atom stereocenters. The highest BCUT2D eigenvalue weighted by Crippen LogP contribution is 2.19. The largest absolute Gasteiger partial charge is 0.496 e. The van der Waals surface area contributed by atoms with Crippen LogP contribution in [0.25, 0.3) is 10.8 Å². The number of hydrazone groups is 1. The Morgan fingerprint density at radius 2 is 1.77 bits per heavy atom. The van der Waals surface area contributed by atoms with Gasteiger partial charge in [0, 0.05) is 11.3 Å². The van der Waals surface area contributed by atoms with Gasteiger partial charge in [0.05, 0.1) is 13.3 Å². The van der Waals surface area contributed by atoms with E-state index in [-0.39, 0.29) is 5.91 Å². The van der Waals surface area contributed by atoms with E-state index < -0.39 is 6.04 Å². The SMILES string of the molecule is COc1ccccc1/C=N\NC(=O)[C@@H](C)Nc1ccc2ccccc2c1. The van der Waals surface area contributed by atoms with Gasteiger partial charge in [-0.25, -0.2) is 5.43 Å². The van der Waals surface area contributed by atoms with Gasteiger partial charge in [-0.3, -0.25) is 4.79 Å². The molecule has 0 aliphatic carbocycles. The van der Waals surface area contributed by atoms with Crippen molar-refractivity contribution in [3.05, 3.63) is 72.3 Å². The number of hydrogen-bond acceptors (Lipinski definition) is 4. The maximum Gasteiger partial charge on any atom is 0.262 e. The van der Waals surface area contributed by atoms with Crippen LogP contribution >= 0.6 is 0 Å². The van der Waals surface area contributed by atoms with Crippen LogP contribution in [0, 0.1) is 0 Å². The summed E-state index contributed by atoms with van der Waals surface area (Å²) >= 11 is 0. The lowest BCUT2D eigenvalue weighted by Gasteiger charge is -2.14. The molecule has 26 heavy (non-hydrogen) atoms. The lowest BCUT2D eigenvalue weighted by molar-refractivity contribution is -0.121. The highest BCUT2D eigenvalue weighted by molar-refractivity contribution is 5.89. The highest BCUT2D eigenvalue weighted by atomic mass is 16.5. The molecule has 1 amide bonds. The van der Waals surface area contributed by atoms with E-state index in [4.69, 9.17) is 4.74 Å². The Bertz CT molecular complexity index is 937. The molecule has 0 spiro atoms. The summed E-state index contributed by atoms with van der Waals surface area (Å²) in [4.78, 5) is 12.2. The normalized spacial score (nSPS) is 12.1. The van der Waals surface area contributed by atoms with Crippen LogP contribution in [0.2, 0.25) is 0 Å². The van der Waals surface area contributed by atoms with Crippen LogP contribution in [0.15, 0.2) is 71.8 Å². The molecule has 0 aliphatic heterocycles. The summed E-state index contributed by atoms with van der Waals surface area (Å²) in [5.74, 6) is 0.483. The Hall–Kier alpha value is -3.34. The summed E-state index contributed by atoms with van der Waals surface area (Å²) < 4.78 is 5.25. The number of methoxy groups -OCH3 is 1. The summed E-state index contributed by atoms with van der Waals surface area (Å²) in [5, 5.41) is 9.50. The van der Waals surface area contributed by atoms with Crippen LogP contribution in [-0.4, -0.2) is 25.3 Å². The van der Waals surface area contributed by atoms with Crippen LogP contribution in [-0.2, 0) is 4.79 Å². The number of rotatable bonds is 6. The fourth-order valence-corrected chi connectivity index (χ4v) is 2.63. The highest BCUT2D eigenvalue weighted by Gasteiger charge is 2.12. The number of nitrogens with one attached hydrogen (secondary N) is 2. The van der Waals surface area contributed by atoms with Gasteiger partial charge in [0.1, 0.15) is 11.8 Å². The van der Waals surface area contributed by atoms with E-state index in [0.29, 0.717) is 5.75 Å². The predicted molar refractivity (Wildman–Crippen MR) is 106 cm³/mol. The third-order valence-corrected chi connectivity index (χ3v) is 4.04. The average molecular weight is 347 g/mol. The van der Waals surface area contributed by atoms with E-state index in [1.54, 1.807) is 20.2 Å². The van der Waals surface area contributed by atoms with E-state index >= 15 is 0 Å². The second kappa shape index (κ2) is 8.16. The number of ether oxygens (including phenoxy) is 1. The molecule has 0 saturated carbocycles. The Morgan fingerprint density at radius 1 is 1.04 bits per heavy atom. The Labute approximate surface area is 152 Å². The fraction of sp³-hybridized carbons (Fsp3) is 0.143. The number of amides is 1. The number of benzene rings is 3. The lowest BCUT2D eigenvalue weighted by Crippen LogP contribution is -2.34. The van der Waals surface area contributed by atoms with Gasteiger partial charge in [0.25, 0.3) is 5.91 Å². The summed E-state index contributed by atoms with van der Waals surface area (Å²) in [6.45, 7) is 1.79. The maximum absolute atomic E-state index is 12.2. The quantitative estimate of drug-likeness (QED) is 0.527. The van der Waals surface area contributed by atoms with Crippen molar-refractivity contribution in [1.82, 2.24) is 5.43 Å². The van der Waals surface area contributed by atoms with Gasteiger partial charge < -0.3 is 10.1 Å². The van der Waals surface area contributed by atoms with E-state index in [9.17, 15) is 4.79 Å². The van der Waals surface area contributed by atoms with Crippen LogP contribution in [0.3, 0.4) is 0 Å². The van der Waals surface area contributed by atoms with Gasteiger partial charge >= 0.3 is 0 Å². The number of fused-ring (bicyclic) bond motifs is 1. The van der Waals surface area contributed by atoms with Crippen molar-refractivity contribution < 1.29 is 9.53 Å². The first-order chi connectivity index (χ1) is 12.7. The molecule has 0 saturated heterocycles. The van der Waals surface area contributed by atoms with E-state index in [0.717, 1.165) is 22.0 Å². The predicted octanol–water partition coefficient (Wildman–Crippen LogP) is 3.80. The summed E-state index contributed by atoms with van der Waals surface area (Å²) in [5.41, 5.74) is 4.24. The topological polar surface area (TPSA) is 62.7 Å². The molecule has 0 fully saturated rings. The number of nitrogens with zero attached hydrogens (tertiary/aromatic N) is 1. The van der Waals surface area contributed by atoms with Crippen LogP contribution < -0.4 is 15.5 Å². The molecule has 5 heteroatoms. The molecule has 3 aromatic rings. The third kappa shape index (κ3) is 4.19. The summed E-state index contributed by atoms with van der Waals surface area (Å²) in [7, 11) is 1.60. The molecule has 0 radical (unpaired) electrons. The molecular formula is C21H21N3O2. The zero-order chi connectivity index (χ0) is 18.4. The molecule has 1 atom stereocenters. The minimum Gasteiger partial charge on any atom is -0.496 e. The Balaban J connectivity index is 1.61. The van der Waals surface area contributed by atoms with Crippen LogP contribution in [0.5, 0.6) is 5.75 Å². The van der Waals surface area contributed by atoms with Crippen LogP contribution in [0.4, 0.5) is 5.69 Å². The van der Waals surface area contributed by atoms with Crippen molar-refractivity contribution in [2.24, 2.45) is 5.10 Å². The molecule has 3 rings (SSSR count). The van der Waals surface area contributed by atoms with Crippen molar-refractivity contribution in [3.63, 3.8) is 0 Å². The molecule has 0 aromatic heterocycles. The van der Waals surface area contributed by atoms with Crippen molar-refractivity contribution >= 4 is 28.6 Å². The van der Waals surface area contributed by atoms with Gasteiger partial charge in [-0.1, -0.05) is 42.5 Å². The second-order valence-corrected chi connectivity index (χ2v) is 5.90. The van der Waals surface area contributed by atoms with Crippen molar-refractivity contribution in [1.29, 1.82) is 0 Å². The molecular weight excluding hydrogens is 326 g/mol. The van der Waals surface area contributed by atoms with E-state index in [2.05, 4.69) is 21.9 Å². The van der Waals surface area contributed by atoms with Crippen LogP contribution in [0.1, 0.15) is 12.5 Å². The maximum atomic E-state index is 12.2. The number of para-hydroxylation sites is 1. The second-order valence-electron chi connectivity index (χ2n) is 5.90. The Morgan fingerprint density at radius 3 is 2.58 bits per heavy atom. The molecule has 5 nitrogen and oxygen atoms in total. The van der Waals surface area contributed by atoms with Gasteiger partial charge in [0.15, 0.2) is 0 Å². The van der Waals surface area contributed by atoms with Crippen molar-refractivity contribution in [2.45, 2.75) is 13.0 Å². The lowest BCUT2D eigenvalue weighted by atomic mass is 10.1. The molecule has 0 bridgehead atoms. The molecule has 0 aliphatic rings. The molecule has 132 valence electrons. The average Bonchev–Trinajstić information content (AvgIpc) is 2.68. The van der Waals surface area contributed by atoms with Crippen molar-refractivity contribution in [3.8, 4) is 5.75 Å². The summed E-state index contributed by atoms with van der Waals surface area (Å²) in [6, 6.07) is 21.2. The molecule has 0 heterocycles. The number of carbonyl (C=O) groups is 1. The summed E-state index contributed by atoms with van der Waals surface area (Å²) in [6.07, 6.45) is 1.57. The third-order valence-electron chi connectivity index (χ3n) is 4.04. The zero-order valence-corrected chi connectivity index (χ0v) is 14.8. The monoisotopic (exact) mass is 347 g/mol. The van der Waals surface area contributed by atoms with Crippen molar-refractivity contribution in [2.75, 3.05) is 12.4 Å². The first kappa shape index (κ1) is 17.5. The first-order valence-corrected chi connectivity index (χ1v) is 8.38. The molecule has 3 aromatic carbocycles. The standard InChI is InChI=1S/C21H21N3O2/c1-15(23-19-12-11-16-7-3-4-8-17(16)13-19)21(25)24-22-14-18-9-5-6-10-20(18)26-2/h3-15,23H,1-2H3,(H,24,25)/b22-14-/t15-/m1/s1. The zero-order valence-electron chi connectivity index (χ0n) is 14.8. The fourth-order valence-electron chi connectivity index (χ4n) is 2.63.